The van der Waals surface area contributed by atoms with Gasteiger partial charge < -0.3 is 33.6 Å². The van der Waals surface area contributed by atoms with Crippen LogP contribution in [0.3, 0.4) is 0 Å². The topological polar surface area (TPSA) is 117 Å². The van der Waals surface area contributed by atoms with Gasteiger partial charge in [0.2, 0.25) is 0 Å². The number of fused-ring (bicyclic) bond motifs is 1. The van der Waals surface area contributed by atoms with E-state index in [0.29, 0.717) is 45.8 Å². The van der Waals surface area contributed by atoms with Crippen molar-refractivity contribution in [3.05, 3.63) is 82.2 Å². The van der Waals surface area contributed by atoms with Gasteiger partial charge >= 0.3 is 11.6 Å². The van der Waals surface area contributed by atoms with E-state index in [1.54, 1.807) is 38.5 Å². The third-order valence-electron chi connectivity index (χ3n) is 8.10. The normalized spacial score (nSPS) is 13.8. The molecule has 0 saturated carbocycles. The summed E-state index contributed by atoms with van der Waals surface area (Å²) in [5, 5.41) is 3.38. The molecule has 1 aromatic heterocycles. The molecule has 1 aliphatic rings. The molecular weight excluding hydrogens is 576 g/mol. The van der Waals surface area contributed by atoms with Crippen LogP contribution in [0.2, 0.25) is 0 Å². The van der Waals surface area contributed by atoms with Crippen molar-refractivity contribution < 1.29 is 33.0 Å². The summed E-state index contributed by atoms with van der Waals surface area (Å²) in [6, 6.07) is 17.8. The van der Waals surface area contributed by atoms with Crippen molar-refractivity contribution in [1.29, 1.82) is 0 Å². The van der Waals surface area contributed by atoms with Gasteiger partial charge in [-0.25, -0.2) is 4.79 Å². The van der Waals surface area contributed by atoms with Crippen LogP contribution in [0.25, 0.3) is 22.1 Å². The number of hydrogen-bond donors (Lipinski definition) is 1. The number of nitrogens with zero attached hydrogens (tertiary/aromatic N) is 1. The highest BCUT2D eigenvalue weighted by atomic mass is 16.5. The van der Waals surface area contributed by atoms with Gasteiger partial charge in [0.1, 0.15) is 34.6 Å². The number of ether oxygens (including phenoxy) is 4. The maximum Gasteiger partial charge on any atom is 0.360 e. The molecule has 3 aromatic carbocycles. The van der Waals surface area contributed by atoms with Gasteiger partial charge in [0.05, 0.1) is 21.3 Å². The number of esters is 1. The molecule has 2 heterocycles. The van der Waals surface area contributed by atoms with E-state index < -0.39 is 11.5 Å². The predicted octanol–water partition coefficient (Wildman–Crippen LogP) is 5.83. The first-order valence-electron chi connectivity index (χ1n) is 15.0. The zero-order chi connectivity index (χ0) is 31.9. The number of benzene rings is 3. The van der Waals surface area contributed by atoms with E-state index in [1.807, 2.05) is 43.3 Å². The van der Waals surface area contributed by atoms with Crippen LogP contribution < -0.4 is 25.2 Å². The molecule has 1 fully saturated rings. The second kappa shape index (κ2) is 14.3. The van der Waals surface area contributed by atoms with Crippen molar-refractivity contribution in [2.45, 2.75) is 38.7 Å². The first-order valence-corrected chi connectivity index (χ1v) is 15.0. The maximum absolute atomic E-state index is 13.3. The summed E-state index contributed by atoms with van der Waals surface area (Å²) in [6.07, 6.45) is 2.94. The van der Waals surface area contributed by atoms with Gasteiger partial charge in [0.25, 0.3) is 5.91 Å². The van der Waals surface area contributed by atoms with E-state index in [1.165, 1.54) is 7.11 Å². The molecule has 0 atom stereocenters. The molecule has 45 heavy (non-hydrogen) atoms. The van der Waals surface area contributed by atoms with Crippen molar-refractivity contribution in [3.8, 4) is 28.4 Å². The summed E-state index contributed by atoms with van der Waals surface area (Å²) in [5.74, 6) is 1.30. The lowest BCUT2D eigenvalue weighted by atomic mass is 10.0. The van der Waals surface area contributed by atoms with E-state index in [9.17, 15) is 14.4 Å². The molecule has 0 spiro atoms. The average molecular weight is 615 g/mol. The van der Waals surface area contributed by atoms with E-state index in [4.69, 9.17) is 23.4 Å². The number of piperidine rings is 1. The largest absolute Gasteiger partial charge is 0.497 e. The molecule has 0 aliphatic carbocycles. The van der Waals surface area contributed by atoms with Crippen molar-refractivity contribution in [3.63, 3.8) is 0 Å². The Hall–Kier alpha value is -4.83. The molecular formula is C35H38N2O8. The second-order valence-electron chi connectivity index (χ2n) is 11.0. The Balaban J connectivity index is 1.27. The molecule has 1 amide bonds. The molecule has 236 valence electrons. The number of likely N-dealkylation sites (tertiary alicyclic amines) is 1. The zero-order valence-corrected chi connectivity index (χ0v) is 26.0. The van der Waals surface area contributed by atoms with Crippen LogP contribution in [0.1, 0.15) is 41.6 Å². The maximum atomic E-state index is 13.3. The van der Waals surface area contributed by atoms with Crippen LogP contribution in [0.4, 0.5) is 5.69 Å². The van der Waals surface area contributed by atoms with Gasteiger partial charge in [-0.15, -0.1) is 0 Å². The number of hydrogen-bond acceptors (Lipinski definition) is 9. The minimum absolute atomic E-state index is 0.0367. The van der Waals surface area contributed by atoms with E-state index in [2.05, 4.69) is 10.2 Å². The van der Waals surface area contributed by atoms with Crippen molar-refractivity contribution >= 4 is 28.5 Å². The molecule has 1 saturated heterocycles. The first kappa shape index (κ1) is 31.6. The van der Waals surface area contributed by atoms with Gasteiger partial charge in [-0.1, -0.05) is 12.1 Å². The van der Waals surface area contributed by atoms with Crippen molar-refractivity contribution in [2.75, 3.05) is 46.3 Å². The van der Waals surface area contributed by atoms with Crippen LogP contribution in [0, 0.1) is 6.92 Å². The smallest absolute Gasteiger partial charge is 0.360 e. The summed E-state index contributed by atoms with van der Waals surface area (Å²) >= 11 is 0. The first-order chi connectivity index (χ1) is 21.8. The fourth-order valence-electron chi connectivity index (χ4n) is 5.56. The lowest BCUT2D eigenvalue weighted by Crippen LogP contribution is -2.38. The monoisotopic (exact) mass is 614 g/mol. The van der Waals surface area contributed by atoms with Crippen LogP contribution in [-0.4, -0.2) is 63.8 Å². The third kappa shape index (κ3) is 7.46. The Morgan fingerprint density at radius 1 is 0.956 bits per heavy atom. The summed E-state index contributed by atoms with van der Waals surface area (Å²) in [5.41, 5.74) is 2.41. The summed E-state index contributed by atoms with van der Waals surface area (Å²) in [4.78, 5) is 40.0. The number of anilines is 1. The van der Waals surface area contributed by atoms with Crippen molar-refractivity contribution in [1.82, 2.24) is 4.90 Å². The second-order valence-corrected chi connectivity index (χ2v) is 11.0. The van der Waals surface area contributed by atoms with Crippen LogP contribution in [-0.2, 0) is 9.53 Å². The summed E-state index contributed by atoms with van der Waals surface area (Å²) in [6.45, 7) is 4.47. The SMILES string of the molecule is COC(=O)CCCN1CCC(Oc2ccc3cc(NC(=O)c4ccc(OC)c(-c5cccc(OC)c5)c4)c(=O)oc3c2C)CC1. The molecule has 5 rings (SSSR count). The van der Waals surface area contributed by atoms with E-state index in [0.717, 1.165) is 50.0 Å². The molecule has 0 bridgehead atoms. The van der Waals surface area contributed by atoms with Gasteiger partial charge in [-0.2, -0.15) is 0 Å². The highest BCUT2D eigenvalue weighted by Crippen LogP contribution is 2.34. The molecule has 4 aromatic rings. The Morgan fingerprint density at radius 2 is 1.73 bits per heavy atom. The highest BCUT2D eigenvalue weighted by Gasteiger charge is 2.22. The third-order valence-corrected chi connectivity index (χ3v) is 8.10. The Bertz CT molecular complexity index is 1740. The summed E-state index contributed by atoms with van der Waals surface area (Å²) in [7, 11) is 4.57. The Labute approximate surface area is 261 Å². The number of carbonyl (C=O) groups excluding carboxylic acids is 2. The lowest BCUT2D eigenvalue weighted by molar-refractivity contribution is -0.140. The number of rotatable bonds is 11. The van der Waals surface area contributed by atoms with Crippen LogP contribution in [0.15, 0.2) is 69.9 Å². The Kier molecular flexibility index (Phi) is 10.0. The van der Waals surface area contributed by atoms with E-state index in [-0.39, 0.29) is 17.8 Å². The highest BCUT2D eigenvalue weighted by molar-refractivity contribution is 6.05. The van der Waals surface area contributed by atoms with Crippen LogP contribution in [0.5, 0.6) is 17.2 Å². The molecule has 1 aliphatic heterocycles. The van der Waals surface area contributed by atoms with Gasteiger partial charge in [0.15, 0.2) is 0 Å². The van der Waals surface area contributed by atoms with E-state index >= 15 is 0 Å². The number of amides is 1. The molecule has 0 unspecified atom stereocenters. The van der Waals surface area contributed by atoms with Gasteiger partial charge in [-0.3, -0.25) is 9.59 Å². The molecule has 10 heteroatoms. The molecule has 0 radical (unpaired) electrons. The van der Waals surface area contributed by atoms with Crippen molar-refractivity contribution in [2.24, 2.45) is 0 Å². The number of nitrogens with one attached hydrogen (secondary N) is 1. The number of methoxy groups -OCH3 is 3. The fraction of sp³-hybridized carbons (Fsp3) is 0.343. The Morgan fingerprint density at radius 3 is 2.47 bits per heavy atom. The number of carbonyl (C=O) groups is 2. The number of aryl methyl sites for hydroxylation is 1. The van der Waals surface area contributed by atoms with Gasteiger partial charge in [0, 0.05) is 41.6 Å². The van der Waals surface area contributed by atoms with Gasteiger partial charge in [-0.05, 0) is 86.8 Å². The molecule has 1 N–H and O–H groups in total. The lowest BCUT2D eigenvalue weighted by Gasteiger charge is -2.32. The predicted molar refractivity (Wildman–Crippen MR) is 171 cm³/mol. The minimum Gasteiger partial charge on any atom is -0.497 e. The minimum atomic E-state index is -0.655. The fourth-order valence-corrected chi connectivity index (χ4v) is 5.56. The summed E-state index contributed by atoms with van der Waals surface area (Å²) < 4.78 is 27.6. The zero-order valence-electron chi connectivity index (χ0n) is 26.0. The molecule has 10 nitrogen and oxygen atoms in total. The standard InChI is InChI=1S/C35H38N2O8/c1-22-30(44-26-14-17-37(18-15-26)16-6-9-32(38)43-4)12-10-24-21-29(35(40)45-33(22)24)36-34(39)25-11-13-31(42-3)28(20-25)23-7-5-8-27(19-23)41-2/h5,7-8,10-13,19-21,26H,6,9,14-18H2,1-4H3,(H,36,39). The average Bonchev–Trinajstić information content (AvgIpc) is 3.07. The quantitative estimate of drug-likeness (QED) is 0.164. The van der Waals surface area contributed by atoms with Crippen LogP contribution >= 0.6 is 0 Å².